The fourth-order valence-corrected chi connectivity index (χ4v) is 1.66. The Morgan fingerprint density at radius 3 is 2.53 bits per heavy atom. The maximum absolute atomic E-state index is 4.34. The van der Waals surface area contributed by atoms with Gasteiger partial charge in [-0.2, -0.15) is 0 Å². The molecule has 0 aliphatic rings. The second kappa shape index (κ2) is 4.13. The first-order chi connectivity index (χ1) is 7.45. The third-order valence-electron chi connectivity index (χ3n) is 2.26. The van der Waals surface area contributed by atoms with Crippen LogP contribution in [0.3, 0.4) is 0 Å². The van der Waals surface area contributed by atoms with Crippen LogP contribution in [0.2, 0.25) is 0 Å². The summed E-state index contributed by atoms with van der Waals surface area (Å²) in [5.74, 6) is 0. The number of H-pyrrole nitrogens is 1. The van der Waals surface area contributed by atoms with Gasteiger partial charge in [-0.15, -0.1) is 0 Å². The predicted octanol–water partition coefficient (Wildman–Crippen LogP) is 3.74. The molecule has 2 heterocycles. The number of para-hydroxylation sites is 1. The molecule has 0 radical (unpaired) electrons. The maximum atomic E-state index is 4.34. The molecule has 0 saturated heterocycles. The van der Waals surface area contributed by atoms with Gasteiger partial charge in [0, 0.05) is 17.1 Å². The lowest BCUT2D eigenvalue weighted by Gasteiger charge is -1.86. The van der Waals surface area contributed by atoms with Gasteiger partial charge < -0.3 is 4.98 Å². The molecule has 3 aromatic rings. The highest BCUT2D eigenvalue weighted by Gasteiger charge is 2.01. The first-order valence-corrected chi connectivity index (χ1v) is 5.26. The minimum Gasteiger partial charge on any atom is -0.353 e. The van der Waals surface area contributed by atoms with Crippen molar-refractivity contribution in [3.63, 3.8) is 0 Å². The molecule has 1 N–H and O–H groups in total. The normalized spacial score (nSPS) is 10.0. The Bertz CT molecular complexity index is 516. The van der Waals surface area contributed by atoms with Crippen molar-refractivity contribution < 1.29 is 0 Å². The van der Waals surface area contributed by atoms with Crippen molar-refractivity contribution in [3.05, 3.63) is 42.6 Å². The molecule has 2 aromatic heterocycles. The van der Waals surface area contributed by atoms with E-state index in [9.17, 15) is 0 Å². The molecule has 0 fully saturated rings. The summed E-state index contributed by atoms with van der Waals surface area (Å²) in [4.78, 5) is 7.65. The van der Waals surface area contributed by atoms with Crippen LogP contribution in [0.5, 0.6) is 0 Å². The highest BCUT2D eigenvalue weighted by Crippen LogP contribution is 2.22. The van der Waals surface area contributed by atoms with Crippen molar-refractivity contribution in [2.24, 2.45) is 0 Å². The number of nitrogens with one attached hydrogen (secondary N) is 1. The Morgan fingerprint density at radius 2 is 1.67 bits per heavy atom. The number of rotatable bonds is 0. The van der Waals surface area contributed by atoms with E-state index in [0.717, 1.165) is 16.6 Å². The summed E-state index contributed by atoms with van der Waals surface area (Å²) in [5.41, 5.74) is 3.30. The van der Waals surface area contributed by atoms with Gasteiger partial charge in [-0.05, 0) is 18.2 Å². The SMILES string of the molecule is CC.c1ccc2c(c1)[nH]c1cccnc12. The lowest BCUT2D eigenvalue weighted by atomic mass is 10.2. The van der Waals surface area contributed by atoms with E-state index in [4.69, 9.17) is 0 Å². The number of benzene rings is 1. The number of aromatic amines is 1. The van der Waals surface area contributed by atoms with Crippen LogP contribution in [-0.4, -0.2) is 9.97 Å². The van der Waals surface area contributed by atoms with Gasteiger partial charge in [0.1, 0.15) is 0 Å². The van der Waals surface area contributed by atoms with Crippen molar-refractivity contribution in [3.8, 4) is 0 Å². The monoisotopic (exact) mass is 198 g/mol. The average molecular weight is 198 g/mol. The lowest BCUT2D eigenvalue weighted by Crippen LogP contribution is -1.70. The van der Waals surface area contributed by atoms with Gasteiger partial charge >= 0.3 is 0 Å². The van der Waals surface area contributed by atoms with Crippen LogP contribution in [0, 0.1) is 0 Å². The van der Waals surface area contributed by atoms with Crippen molar-refractivity contribution >= 4 is 21.9 Å². The van der Waals surface area contributed by atoms with Gasteiger partial charge in [-0.1, -0.05) is 32.0 Å². The van der Waals surface area contributed by atoms with E-state index in [0.29, 0.717) is 0 Å². The minimum absolute atomic E-state index is 1.05. The van der Waals surface area contributed by atoms with Crippen LogP contribution in [0.1, 0.15) is 13.8 Å². The summed E-state index contributed by atoms with van der Waals surface area (Å²) in [5, 5.41) is 1.19. The zero-order valence-corrected chi connectivity index (χ0v) is 8.99. The average Bonchev–Trinajstić information content (AvgIpc) is 2.70. The Labute approximate surface area is 89.0 Å². The molecule has 0 amide bonds. The molecule has 3 rings (SSSR count). The summed E-state index contributed by atoms with van der Waals surface area (Å²) >= 11 is 0. The lowest BCUT2D eigenvalue weighted by molar-refractivity contribution is 1.42. The molecule has 1 aromatic carbocycles. The van der Waals surface area contributed by atoms with E-state index in [1.165, 1.54) is 5.39 Å². The van der Waals surface area contributed by atoms with E-state index in [1.54, 1.807) is 0 Å². The molecule has 0 aliphatic heterocycles. The molecular weight excluding hydrogens is 184 g/mol. The molecule has 76 valence electrons. The third kappa shape index (κ3) is 1.59. The Morgan fingerprint density at radius 1 is 0.933 bits per heavy atom. The molecule has 2 nitrogen and oxygen atoms in total. The van der Waals surface area contributed by atoms with Gasteiger partial charge in [-0.3, -0.25) is 4.98 Å². The second-order valence-corrected chi connectivity index (χ2v) is 3.07. The number of fused-ring (bicyclic) bond motifs is 3. The topological polar surface area (TPSA) is 28.7 Å². The van der Waals surface area contributed by atoms with E-state index in [-0.39, 0.29) is 0 Å². The summed E-state index contributed by atoms with van der Waals surface area (Å²) in [6.07, 6.45) is 1.82. The van der Waals surface area contributed by atoms with Gasteiger partial charge in [-0.25, -0.2) is 0 Å². The van der Waals surface area contributed by atoms with E-state index in [1.807, 2.05) is 44.3 Å². The number of pyridine rings is 1. The molecule has 15 heavy (non-hydrogen) atoms. The van der Waals surface area contributed by atoms with Crippen molar-refractivity contribution in [1.82, 2.24) is 9.97 Å². The van der Waals surface area contributed by atoms with Crippen LogP contribution in [0.25, 0.3) is 21.9 Å². The van der Waals surface area contributed by atoms with Crippen LogP contribution < -0.4 is 0 Å². The summed E-state index contributed by atoms with van der Waals surface area (Å²) < 4.78 is 0. The number of hydrogen-bond acceptors (Lipinski definition) is 1. The fourth-order valence-electron chi connectivity index (χ4n) is 1.66. The largest absolute Gasteiger partial charge is 0.353 e. The highest BCUT2D eigenvalue weighted by molar-refractivity contribution is 6.04. The number of aromatic nitrogens is 2. The van der Waals surface area contributed by atoms with Crippen LogP contribution in [-0.2, 0) is 0 Å². The molecular formula is C13H14N2. The molecule has 0 atom stereocenters. The molecule has 0 saturated carbocycles. The first-order valence-electron chi connectivity index (χ1n) is 5.26. The van der Waals surface area contributed by atoms with Crippen molar-refractivity contribution in [1.29, 1.82) is 0 Å². The maximum Gasteiger partial charge on any atom is 0.0957 e. The van der Waals surface area contributed by atoms with Crippen LogP contribution in [0.15, 0.2) is 42.6 Å². The molecule has 2 heteroatoms. The van der Waals surface area contributed by atoms with E-state index < -0.39 is 0 Å². The molecule has 0 aliphatic carbocycles. The van der Waals surface area contributed by atoms with Gasteiger partial charge in [0.15, 0.2) is 0 Å². The molecule has 0 spiro atoms. The van der Waals surface area contributed by atoms with Gasteiger partial charge in [0.25, 0.3) is 0 Å². The van der Waals surface area contributed by atoms with Crippen LogP contribution in [0.4, 0.5) is 0 Å². The van der Waals surface area contributed by atoms with Crippen LogP contribution >= 0.6 is 0 Å². The van der Waals surface area contributed by atoms with Gasteiger partial charge in [0.2, 0.25) is 0 Å². The van der Waals surface area contributed by atoms with E-state index >= 15 is 0 Å². The standard InChI is InChI=1S/C11H8N2.C2H6/c1-2-5-9-8(4-1)11-10(13-9)6-3-7-12-11;1-2/h1-7,13H;1-2H3. The quantitative estimate of drug-likeness (QED) is 0.585. The third-order valence-corrected chi connectivity index (χ3v) is 2.26. The van der Waals surface area contributed by atoms with E-state index in [2.05, 4.69) is 22.1 Å². The number of hydrogen-bond donors (Lipinski definition) is 1. The predicted molar refractivity (Wildman–Crippen MR) is 64.9 cm³/mol. The number of nitrogens with zero attached hydrogens (tertiary/aromatic N) is 1. The summed E-state index contributed by atoms with van der Waals surface area (Å²) in [6.45, 7) is 4.00. The second-order valence-electron chi connectivity index (χ2n) is 3.07. The summed E-state index contributed by atoms with van der Waals surface area (Å²) in [6, 6.07) is 12.2. The fraction of sp³-hybridized carbons (Fsp3) is 0.154. The first kappa shape index (κ1) is 9.71. The van der Waals surface area contributed by atoms with Crippen molar-refractivity contribution in [2.45, 2.75) is 13.8 Å². The minimum atomic E-state index is 1.05. The molecule has 0 bridgehead atoms. The zero-order valence-electron chi connectivity index (χ0n) is 8.99. The zero-order chi connectivity index (χ0) is 10.7. The summed E-state index contributed by atoms with van der Waals surface area (Å²) in [7, 11) is 0. The van der Waals surface area contributed by atoms with Gasteiger partial charge in [0.05, 0.1) is 11.0 Å². The highest BCUT2D eigenvalue weighted by atomic mass is 14.8. The Hall–Kier alpha value is -1.83. The van der Waals surface area contributed by atoms with Crippen molar-refractivity contribution in [2.75, 3.05) is 0 Å². The molecule has 0 unspecified atom stereocenters. The Balaban J connectivity index is 0.000000404. The Kier molecular flexibility index (Phi) is 2.68. The smallest absolute Gasteiger partial charge is 0.0957 e.